The number of pyridine rings is 1. The van der Waals surface area contributed by atoms with Crippen LogP contribution in [0.15, 0.2) is 65.2 Å². The fourth-order valence-corrected chi connectivity index (χ4v) is 3.54. The van der Waals surface area contributed by atoms with Crippen LogP contribution in [0.25, 0.3) is 22.4 Å². The lowest BCUT2D eigenvalue weighted by Gasteiger charge is -2.21. The number of amides is 1. The maximum absolute atomic E-state index is 13.3. The lowest BCUT2D eigenvalue weighted by Crippen LogP contribution is -2.37. The first-order valence-corrected chi connectivity index (χ1v) is 10.4. The van der Waals surface area contributed by atoms with E-state index in [-0.39, 0.29) is 23.0 Å². The van der Waals surface area contributed by atoms with E-state index < -0.39 is 12.1 Å². The van der Waals surface area contributed by atoms with Gasteiger partial charge in [0.25, 0.3) is 11.6 Å². The number of hydrogen-bond acceptors (Lipinski definition) is 6. The summed E-state index contributed by atoms with van der Waals surface area (Å²) in [5, 5.41) is 4.30. The zero-order chi connectivity index (χ0) is 23.5. The number of esters is 1. The van der Waals surface area contributed by atoms with Crippen LogP contribution < -0.4 is 0 Å². The second-order valence-electron chi connectivity index (χ2n) is 7.74. The highest BCUT2D eigenvalue weighted by Gasteiger charge is 2.26. The molecule has 0 bridgehead atoms. The Morgan fingerprint density at radius 1 is 1.12 bits per heavy atom. The minimum Gasteiger partial charge on any atom is -0.449 e. The average molecular weight is 447 g/mol. The van der Waals surface area contributed by atoms with Crippen molar-refractivity contribution in [2.75, 3.05) is 7.05 Å². The van der Waals surface area contributed by atoms with Crippen LogP contribution in [-0.2, 0) is 16.1 Å². The van der Waals surface area contributed by atoms with Gasteiger partial charge in [-0.2, -0.15) is 0 Å². The van der Waals surface area contributed by atoms with Gasteiger partial charge in [-0.3, -0.25) is 4.79 Å². The number of carbonyl (C=O) groups excluding carboxylic acids is 2. The Morgan fingerprint density at radius 2 is 1.82 bits per heavy atom. The van der Waals surface area contributed by atoms with Crippen LogP contribution in [0.5, 0.6) is 0 Å². The highest BCUT2D eigenvalue weighted by molar-refractivity contribution is 6.05. The third kappa shape index (κ3) is 4.74. The number of aromatic nitrogens is 2. The first-order chi connectivity index (χ1) is 15.8. The standard InChI is InChI=1S/C25H22FN3O4/c1-15-22-20(13-21(27-23(22)33-28-15)18-9-11-19(26)12-10-18)25(31)32-16(2)24(30)29(3)14-17-7-5-4-6-8-17/h4-13,16H,14H2,1-3H3. The van der Waals surface area contributed by atoms with Gasteiger partial charge in [-0.15, -0.1) is 0 Å². The third-order valence-electron chi connectivity index (χ3n) is 5.25. The molecule has 0 N–H and O–H groups in total. The largest absolute Gasteiger partial charge is 0.449 e. The molecule has 1 amide bonds. The van der Waals surface area contributed by atoms with Crippen molar-refractivity contribution in [2.24, 2.45) is 0 Å². The van der Waals surface area contributed by atoms with E-state index in [1.807, 2.05) is 30.3 Å². The summed E-state index contributed by atoms with van der Waals surface area (Å²) >= 11 is 0. The first kappa shape index (κ1) is 22.1. The Hall–Kier alpha value is -4.07. The number of likely N-dealkylation sites (N-methyl/N-ethyl adjacent to an activating group) is 1. The number of aryl methyl sites for hydroxylation is 1. The summed E-state index contributed by atoms with van der Waals surface area (Å²) in [5.41, 5.74) is 2.74. The molecule has 0 radical (unpaired) electrons. The molecule has 0 aliphatic carbocycles. The average Bonchev–Trinajstić information content (AvgIpc) is 3.19. The lowest BCUT2D eigenvalue weighted by atomic mass is 10.1. The zero-order valence-electron chi connectivity index (χ0n) is 18.4. The molecular weight excluding hydrogens is 425 g/mol. The molecule has 1 unspecified atom stereocenters. The van der Waals surface area contributed by atoms with Crippen molar-refractivity contribution in [1.29, 1.82) is 0 Å². The van der Waals surface area contributed by atoms with E-state index in [1.165, 1.54) is 30.0 Å². The number of rotatable bonds is 6. The molecule has 2 heterocycles. The number of fused-ring (bicyclic) bond motifs is 1. The smallest absolute Gasteiger partial charge is 0.339 e. The molecule has 1 atom stereocenters. The molecule has 8 heteroatoms. The van der Waals surface area contributed by atoms with Crippen LogP contribution in [0.2, 0.25) is 0 Å². The van der Waals surface area contributed by atoms with Crippen molar-refractivity contribution in [2.45, 2.75) is 26.5 Å². The van der Waals surface area contributed by atoms with E-state index in [9.17, 15) is 14.0 Å². The summed E-state index contributed by atoms with van der Waals surface area (Å²) in [7, 11) is 1.65. The first-order valence-electron chi connectivity index (χ1n) is 10.4. The SMILES string of the molecule is Cc1noc2nc(-c3ccc(F)cc3)cc(C(=O)OC(C)C(=O)N(C)Cc3ccccc3)c12. The van der Waals surface area contributed by atoms with Crippen molar-refractivity contribution in [3.8, 4) is 11.3 Å². The van der Waals surface area contributed by atoms with Crippen molar-refractivity contribution in [3.63, 3.8) is 0 Å². The summed E-state index contributed by atoms with van der Waals surface area (Å²) in [6.45, 7) is 3.60. The van der Waals surface area contributed by atoms with Gasteiger partial charge in [0.05, 0.1) is 22.3 Å². The molecule has 0 saturated carbocycles. The summed E-state index contributed by atoms with van der Waals surface area (Å²) < 4.78 is 24.1. The molecule has 0 saturated heterocycles. The summed E-state index contributed by atoms with van der Waals surface area (Å²) in [4.78, 5) is 31.8. The lowest BCUT2D eigenvalue weighted by molar-refractivity contribution is -0.139. The van der Waals surface area contributed by atoms with Gasteiger partial charge in [-0.05, 0) is 49.7 Å². The van der Waals surface area contributed by atoms with Crippen LogP contribution in [0.1, 0.15) is 28.5 Å². The third-order valence-corrected chi connectivity index (χ3v) is 5.25. The predicted octanol–water partition coefficient (Wildman–Crippen LogP) is 4.54. The van der Waals surface area contributed by atoms with Crippen molar-refractivity contribution >= 4 is 23.0 Å². The molecule has 2 aromatic carbocycles. The second-order valence-corrected chi connectivity index (χ2v) is 7.74. The molecule has 4 aromatic rings. The van der Waals surface area contributed by atoms with Crippen LogP contribution in [0, 0.1) is 12.7 Å². The normalized spacial score (nSPS) is 11.9. The van der Waals surface area contributed by atoms with E-state index in [2.05, 4.69) is 10.1 Å². The molecule has 33 heavy (non-hydrogen) atoms. The Bertz CT molecular complexity index is 1300. The van der Waals surface area contributed by atoms with Gasteiger partial charge in [-0.1, -0.05) is 35.5 Å². The van der Waals surface area contributed by atoms with E-state index in [1.54, 1.807) is 26.1 Å². The van der Waals surface area contributed by atoms with Gasteiger partial charge < -0.3 is 14.2 Å². The van der Waals surface area contributed by atoms with Crippen molar-refractivity contribution in [3.05, 3.63) is 83.3 Å². The van der Waals surface area contributed by atoms with Crippen LogP contribution >= 0.6 is 0 Å². The van der Waals surface area contributed by atoms with E-state index in [0.717, 1.165) is 5.56 Å². The summed E-state index contributed by atoms with van der Waals surface area (Å²) in [6.07, 6.45) is -1.01. The number of benzene rings is 2. The highest BCUT2D eigenvalue weighted by Crippen LogP contribution is 2.28. The van der Waals surface area contributed by atoms with Gasteiger partial charge in [0.2, 0.25) is 0 Å². The molecule has 2 aromatic heterocycles. The maximum atomic E-state index is 13.3. The van der Waals surface area contributed by atoms with Gasteiger partial charge in [-0.25, -0.2) is 14.2 Å². The fourth-order valence-electron chi connectivity index (χ4n) is 3.54. The predicted molar refractivity (Wildman–Crippen MR) is 120 cm³/mol. The van der Waals surface area contributed by atoms with Gasteiger partial charge in [0, 0.05) is 19.2 Å². The number of ether oxygens (including phenoxy) is 1. The molecule has 0 fully saturated rings. The molecule has 0 aliphatic heterocycles. The topological polar surface area (TPSA) is 85.5 Å². The molecule has 168 valence electrons. The molecule has 0 spiro atoms. The molecule has 0 aliphatic rings. The van der Waals surface area contributed by atoms with Crippen molar-refractivity contribution < 1.29 is 23.2 Å². The zero-order valence-corrected chi connectivity index (χ0v) is 18.4. The Balaban J connectivity index is 1.58. The number of nitrogens with zero attached hydrogens (tertiary/aromatic N) is 3. The summed E-state index contributed by atoms with van der Waals surface area (Å²) in [6, 6.07) is 16.8. The fraction of sp³-hybridized carbons (Fsp3) is 0.200. The molecule has 4 rings (SSSR count). The summed E-state index contributed by atoms with van der Waals surface area (Å²) in [5.74, 6) is -1.42. The maximum Gasteiger partial charge on any atom is 0.339 e. The molecule has 7 nitrogen and oxygen atoms in total. The Morgan fingerprint density at radius 3 is 2.52 bits per heavy atom. The Labute approximate surface area is 189 Å². The van der Waals surface area contributed by atoms with Gasteiger partial charge >= 0.3 is 5.97 Å². The minimum atomic E-state index is -1.01. The van der Waals surface area contributed by atoms with Crippen LogP contribution in [0.3, 0.4) is 0 Å². The monoisotopic (exact) mass is 447 g/mol. The van der Waals surface area contributed by atoms with Crippen molar-refractivity contribution in [1.82, 2.24) is 15.0 Å². The quantitative estimate of drug-likeness (QED) is 0.404. The van der Waals surface area contributed by atoms with Crippen LogP contribution in [0.4, 0.5) is 4.39 Å². The van der Waals surface area contributed by atoms with E-state index in [0.29, 0.717) is 28.9 Å². The van der Waals surface area contributed by atoms with Gasteiger partial charge in [0.1, 0.15) is 5.82 Å². The van der Waals surface area contributed by atoms with Gasteiger partial charge in [0.15, 0.2) is 6.10 Å². The number of halogens is 1. The second kappa shape index (κ2) is 9.20. The number of carbonyl (C=O) groups is 2. The minimum absolute atomic E-state index is 0.154. The van der Waals surface area contributed by atoms with Crippen LogP contribution in [-0.4, -0.2) is 40.1 Å². The van der Waals surface area contributed by atoms with E-state index in [4.69, 9.17) is 9.26 Å². The van der Waals surface area contributed by atoms with E-state index >= 15 is 0 Å². The molecular formula is C25H22FN3O4. The Kier molecular flexibility index (Phi) is 6.17. The highest BCUT2D eigenvalue weighted by atomic mass is 19.1. The number of hydrogen-bond donors (Lipinski definition) is 0.